The number of aryl methyl sites for hydroxylation is 1. The Morgan fingerprint density at radius 1 is 1.05 bits per heavy atom. The molecule has 1 atom stereocenters. The molecule has 0 saturated heterocycles. The number of aliphatic imine (C=N–C) groups is 1. The summed E-state index contributed by atoms with van der Waals surface area (Å²) in [6.45, 7) is 0.268. The van der Waals surface area contributed by atoms with Crippen LogP contribution in [0.4, 0.5) is 13.2 Å². The minimum atomic E-state index is -4.52. The molecule has 8 nitrogen and oxygen atoms in total. The maximum absolute atomic E-state index is 13.3. The van der Waals surface area contributed by atoms with Crippen LogP contribution >= 0.6 is 11.6 Å². The Morgan fingerprint density at radius 2 is 1.90 bits per heavy atom. The molecule has 0 unspecified atom stereocenters. The molecular formula is C29H22ClF3N6O2. The van der Waals surface area contributed by atoms with Crippen molar-refractivity contribution < 1.29 is 22.7 Å². The first-order valence-corrected chi connectivity index (χ1v) is 13.0. The summed E-state index contributed by atoms with van der Waals surface area (Å²) in [4.78, 5) is 10.5. The lowest BCUT2D eigenvalue weighted by Gasteiger charge is -2.24. The van der Waals surface area contributed by atoms with Gasteiger partial charge < -0.3 is 4.74 Å². The van der Waals surface area contributed by atoms with E-state index in [2.05, 4.69) is 20.8 Å². The van der Waals surface area contributed by atoms with Crippen molar-refractivity contribution in [1.82, 2.24) is 25.5 Å². The minimum Gasteiger partial charge on any atom is -0.437 e. The van der Waals surface area contributed by atoms with Crippen molar-refractivity contribution in [3.63, 3.8) is 0 Å². The topological polar surface area (TPSA) is 86.5 Å². The fourth-order valence-corrected chi connectivity index (χ4v) is 4.83. The minimum absolute atomic E-state index is 0.0163. The van der Waals surface area contributed by atoms with Crippen LogP contribution in [0.2, 0.25) is 5.02 Å². The van der Waals surface area contributed by atoms with E-state index in [1.165, 1.54) is 12.1 Å². The van der Waals surface area contributed by atoms with E-state index in [-0.39, 0.29) is 24.3 Å². The quantitative estimate of drug-likeness (QED) is 0.251. The average molecular weight is 579 g/mol. The molecular weight excluding hydrogens is 557 g/mol. The predicted octanol–water partition coefficient (Wildman–Crippen LogP) is 6.39. The van der Waals surface area contributed by atoms with Crippen molar-refractivity contribution in [3.8, 4) is 22.8 Å². The van der Waals surface area contributed by atoms with Crippen LogP contribution in [0.25, 0.3) is 22.0 Å². The zero-order chi connectivity index (χ0) is 28.6. The van der Waals surface area contributed by atoms with E-state index in [9.17, 15) is 13.2 Å². The van der Waals surface area contributed by atoms with Gasteiger partial charge in [-0.2, -0.15) is 18.3 Å². The summed E-state index contributed by atoms with van der Waals surface area (Å²) in [6.07, 6.45) is -0.355. The molecule has 1 N–H and O–H groups in total. The van der Waals surface area contributed by atoms with Gasteiger partial charge in [0.1, 0.15) is 5.75 Å². The van der Waals surface area contributed by atoms with Crippen molar-refractivity contribution >= 4 is 28.3 Å². The highest BCUT2D eigenvalue weighted by molar-refractivity contribution is 6.31. The van der Waals surface area contributed by atoms with Crippen LogP contribution in [-0.4, -0.2) is 38.5 Å². The fourth-order valence-electron chi connectivity index (χ4n) is 4.57. The van der Waals surface area contributed by atoms with Gasteiger partial charge in [0.25, 0.3) is 5.88 Å². The number of ether oxygens (including phenoxy) is 1. The summed E-state index contributed by atoms with van der Waals surface area (Å²) in [7, 11) is 1.85. The molecule has 6 rings (SSSR count). The molecule has 12 heteroatoms. The number of hydrogen-bond acceptors (Lipinski definition) is 7. The van der Waals surface area contributed by atoms with Gasteiger partial charge in [-0.15, -0.1) is 10.2 Å². The van der Waals surface area contributed by atoms with Gasteiger partial charge in [-0.05, 0) is 47.9 Å². The van der Waals surface area contributed by atoms with Crippen molar-refractivity contribution in [1.29, 1.82) is 0 Å². The van der Waals surface area contributed by atoms with Crippen molar-refractivity contribution in [3.05, 3.63) is 101 Å². The summed E-state index contributed by atoms with van der Waals surface area (Å²) in [6, 6.07) is 17.3. The summed E-state index contributed by atoms with van der Waals surface area (Å²) < 4.78 is 47.5. The van der Waals surface area contributed by atoms with Gasteiger partial charge in [0.05, 0.1) is 35.5 Å². The number of alkyl halides is 3. The van der Waals surface area contributed by atoms with Gasteiger partial charge in [-0.3, -0.25) is 14.5 Å². The molecule has 2 aromatic heterocycles. The van der Waals surface area contributed by atoms with Crippen molar-refractivity contribution in [2.75, 3.05) is 6.61 Å². The van der Waals surface area contributed by atoms with Gasteiger partial charge in [-0.25, -0.2) is 5.48 Å². The number of nitrogens with one attached hydrogen (secondary N) is 1. The Kier molecular flexibility index (Phi) is 7.06. The molecule has 41 heavy (non-hydrogen) atoms. The zero-order valence-electron chi connectivity index (χ0n) is 21.6. The summed E-state index contributed by atoms with van der Waals surface area (Å²) >= 11 is 6.65. The number of rotatable bonds is 6. The Bertz CT molecular complexity index is 1770. The largest absolute Gasteiger partial charge is 0.437 e. The van der Waals surface area contributed by atoms with Crippen LogP contribution in [0, 0.1) is 0 Å². The first kappa shape index (κ1) is 26.7. The van der Waals surface area contributed by atoms with Crippen molar-refractivity contribution in [2.45, 2.75) is 18.6 Å². The number of fused-ring (bicyclic) bond motifs is 1. The monoisotopic (exact) mass is 578 g/mol. The number of amidine groups is 1. The molecule has 0 spiro atoms. The van der Waals surface area contributed by atoms with E-state index >= 15 is 0 Å². The fraction of sp³-hybridized carbons (Fsp3) is 0.172. The van der Waals surface area contributed by atoms with Gasteiger partial charge in [0, 0.05) is 29.2 Å². The highest BCUT2D eigenvalue weighted by Gasteiger charge is 2.31. The van der Waals surface area contributed by atoms with Crippen LogP contribution in [0.1, 0.15) is 16.7 Å². The molecule has 5 aromatic rings. The maximum Gasteiger partial charge on any atom is 0.416 e. The second-order valence-electron chi connectivity index (χ2n) is 9.48. The number of hydrogen-bond donors (Lipinski definition) is 1. The van der Waals surface area contributed by atoms with Crippen molar-refractivity contribution in [2.24, 2.45) is 12.0 Å². The maximum atomic E-state index is 13.3. The highest BCUT2D eigenvalue weighted by atomic mass is 35.5. The molecule has 0 saturated carbocycles. The summed E-state index contributed by atoms with van der Waals surface area (Å²) in [5.74, 6) is 0.259. The Balaban J connectivity index is 1.33. The Morgan fingerprint density at radius 3 is 2.68 bits per heavy atom. The molecule has 3 heterocycles. The number of hydroxylamine groups is 1. The lowest BCUT2D eigenvalue weighted by atomic mass is 10.0. The molecule has 1 aliphatic rings. The number of aromatic nitrogens is 4. The normalized spacial score (nSPS) is 15.4. The lowest BCUT2D eigenvalue weighted by Crippen LogP contribution is -2.37. The molecule has 1 aliphatic heterocycles. The predicted molar refractivity (Wildman–Crippen MR) is 148 cm³/mol. The number of halogens is 4. The summed E-state index contributed by atoms with van der Waals surface area (Å²) in [5.41, 5.74) is 5.75. The molecule has 0 radical (unpaired) electrons. The molecule has 208 valence electrons. The van der Waals surface area contributed by atoms with E-state index < -0.39 is 11.7 Å². The Labute approximate surface area is 237 Å². The van der Waals surface area contributed by atoms with Crippen LogP contribution in [0.5, 0.6) is 11.6 Å². The van der Waals surface area contributed by atoms with Crippen LogP contribution in [-0.2, 0) is 24.5 Å². The molecule has 3 aromatic carbocycles. The van der Waals surface area contributed by atoms with E-state index in [1.807, 2.05) is 37.5 Å². The van der Waals surface area contributed by atoms with Gasteiger partial charge in [-0.1, -0.05) is 48.0 Å². The smallest absolute Gasteiger partial charge is 0.416 e. The average Bonchev–Trinajstić information content (AvgIpc) is 3.40. The van der Waals surface area contributed by atoms with E-state index in [0.29, 0.717) is 33.7 Å². The van der Waals surface area contributed by atoms with Crippen LogP contribution in [0.15, 0.2) is 84.1 Å². The third kappa shape index (κ3) is 5.72. The Hall–Kier alpha value is -4.48. The standard InChI is InChI=1S/C29H22ClF3N6O2/c1-39-15-19(14-34-39)17-9-10-18(24(30)12-17)11-21-16-40-38-27(35-21)26-23-7-2-3-8-25(23)36-37-28(26)41-22-6-4-5-20(13-22)29(31,32)33/h2-10,12-15,21H,11,16H2,1H3,(H,35,38)/t21-/m1/s1. The van der Waals surface area contributed by atoms with Crippen LogP contribution < -0.4 is 10.2 Å². The third-order valence-corrected chi connectivity index (χ3v) is 6.90. The number of nitrogens with zero attached hydrogens (tertiary/aromatic N) is 5. The lowest BCUT2D eigenvalue weighted by molar-refractivity contribution is -0.137. The zero-order valence-corrected chi connectivity index (χ0v) is 22.3. The van der Waals surface area contributed by atoms with E-state index in [4.69, 9.17) is 26.2 Å². The highest BCUT2D eigenvalue weighted by Crippen LogP contribution is 2.34. The first-order valence-electron chi connectivity index (χ1n) is 12.6. The van der Waals surface area contributed by atoms with E-state index in [0.717, 1.165) is 28.8 Å². The third-order valence-electron chi connectivity index (χ3n) is 6.55. The van der Waals surface area contributed by atoms with Gasteiger partial charge in [0.2, 0.25) is 0 Å². The van der Waals surface area contributed by atoms with Crippen LogP contribution in [0.3, 0.4) is 0 Å². The van der Waals surface area contributed by atoms with E-state index in [1.54, 1.807) is 29.1 Å². The molecule has 0 amide bonds. The number of benzene rings is 3. The molecule has 0 fully saturated rings. The SMILES string of the molecule is Cn1cc(-c2ccc(C[C@@H]3CONC(c4c(Oc5cccc(C(F)(F)F)c5)nnc5ccccc45)=N3)c(Cl)c2)cn1. The van der Waals surface area contributed by atoms with Gasteiger partial charge >= 0.3 is 6.18 Å². The molecule has 0 bridgehead atoms. The van der Waals surface area contributed by atoms with Gasteiger partial charge in [0.15, 0.2) is 5.84 Å². The molecule has 0 aliphatic carbocycles. The second kappa shape index (κ2) is 10.8. The second-order valence-corrected chi connectivity index (χ2v) is 9.89. The first-order chi connectivity index (χ1) is 19.7. The summed E-state index contributed by atoms with van der Waals surface area (Å²) in [5, 5.41) is 13.8.